The van der Waals surface area contributed by atoms with Crippen molar-refractivity contribution in [2.24, 2.45) is 5.92 Å². The van der Waals surface area contributed by atoms with Crippen LogP contribution in [-0.4, -0.2) is 31.7 Å². The molecule has 2 aromatic carbocycles. The lowest BCUT2D eigenvalue weighted by atomic mass is 9.97. The molecule has 5 nitrogen and oxygen atoms in total. The second-order valence-electron chi connectivity index (χ2n) is 8.22. The zero-order chi connectivity index (χ0) is 23.3. The molecular formula is C24H30Cl2N2O3S. The average Bonchev–Trinajstić information content (AvgIpc) is 2.79. The first-order valence-corrected chi connectivity index (χ1v) is 13.4. The number of hydrogen-bond acceptors (Lipinski definition) is 3. The molecule has 3 rings (SSSR count). The van der Waals surface area contributed by atoms with Gasteiger partial charge in [0.15, 0.2) is 0 Å². The molecule has 0 saturated carbocycles. The van der Waals surface area contributed by atoms with Gasteiger partial charge in [0.1, 0.15) is 0 Å². The van der Waals surface area contributed by atoms with E-state index in [1.807, 2.05) is 0 Å². The molecule has 1 saturated heterocycles. The number of sulfonamides is 1. The van der Waals surface area contributed by atoms with E-state index in [4.69, 9.17) is 23.2 Å². The van der Waals surface area contributed by atoms with Crippen molar-refractivity contribution in [3.8, 4) is 0 Å². The van der Waals surface area contributed by atoms with E-state index in [2.05, 4.69) is 37.4 Å². The number of rotatable bonds is 8. The number of nitrogens with zero attached hydrogens (tertiary/aromatic N) is 1. The average molecular weight is 497 g/mol. The number of hydrogen-bond donors (Lipinski definition) is 1. The van der Waals surface area contributed by atoms with E-state index in [1.54, 1.807) is 18.2 Å². The third-order valence-electron chi connectivity index (χ3n) is 6.01. The van der Waals surface area contributed by atoms with Gasteiger partial charge in [-0.1, -0.05) is 61.3 Å². The predicted octanol–water partition coefficient (Wildman–Crippen LogP) is 4.98. The van der Waals surface area contributed by atoms with E-state index in [-0.39, 0.29) is 24.1 Å². The van der Waals surface area contributed by atoms with Crippen LogP contribution in [-0.2, 0) is 40.0 Å². The summed E-state index contributed by atoms with van der Waals surface area (Å²) in [7, 11) is -3.60. The van der Waals surface area contributed by atoms with E-state index in [9.17, 15) is 13.2 Å². The van der Waals surface area contributed by atoms with Crippen LogP contribution >= 0.6 is 23.2 Å². The van der Waals surface area contributed by atoms with Crippen LogP contribution < -0.4 is 5.32 Å². The second-order valence-corrected chi connectivity index (χ2v) is 11.0. The van der Waals surface area contributed by atoms with Crippen molar-refractivity contribution < 1.29 is 13.2 Å². The summed E-state index contributed by atoms with van der Waals surface area (Å²) in [6.07, 6.45) is 3.17. The molecule has 1 fully saturated rings. The summed E-state index contributed by atoms with van der Waals surface area (Å²) in [6, 6.07) is 11.2. The Bertz CT molecular complexity index is 1070. The number of benzene rings is 2. The molecule has 0 aromatic heterocycles. The predicted molar refractivity (Wildman–Crippen MR) is 130 cm³/mol. The van der Waals surface area contributed by atoms with Crippen molar-refractivity contribution in [2.75, 3.05) is 13.1 Å². The van der Waals surface area contributed by atoms with Gasteiger partial charge in [-0.2, -0.15) is 0 Å². The minimum atomic E-state index is -3.60. The highest BCUT2D eigenvalue weighted by Gasteiger charge is 2.32. The molecule has 32 heavy (non-hydrogen) atoms. The maximum Gasteiger partial charge on any atom is 0.224 e. The Kier molecular flexibility index (Phi) is 8.62. The van der Waals surface area contributed by atoms with Crippen LogP contribution in [0, 0.1) is 5.92 Å². The van der Waals surface area contributed by atoms with Gasteiger partial charge in [0.25, 0.3) is 0 Å². The van der Waals surface area contributed by atoms with Gasteiger partial charge in [0, 0.05) is 29.7 Å². The van der Waals surface area contributed by atoms with Crippen LogP contribution in [0.2, 0.25) is 10.0 Å². The van der Waals surface area contributed by atoms with Gasteiger partial charge in [-0.25, -0.2) is 12.7 Å². The fourth-order valence-corrected chi connectivity index (χ4v) is 6.27. The molecule has 0 aliphatic carbocycles. The fourth-order valence-electron chi connectivity index (χ4n) is 4.07. The van der Waals surface area contributed by atoms with Crippen LogP contribution in [0.25, 0.3) is 0 Å². The summed E-state index contributed by atoms with van der Waals surface area (Å²) in [5.74, 6) is -0.668. The van der Waals surface area contributed by atoms with E-state index in [0.29, 0.717) is 41.5 Å². The number of aryl methyl sites for hydroxylation is 2. The zero-order valence-electron chi connectivity index (χ0n) is 18.5. The topological polar surface area (TPSA) is 66.5 Å². The zero-order valence-corrected chi connectivity index (χ0v) is 20.9. The van der Waals surface area contributed by atoms with Gasteiger partial charge >= 0.3 is 0 Å². The van der Waals surface area contributed by atoms with Crippen molar-refractivity contribution in [1.82, 2.24) is 9.62 Å². The summed E-state index contributed by atoms with van der Waals surface area (Å²) >= 11 is 12.1. The number of piperidine rings is 1. The van der Waals surface area contributed by atoms with Crippen LogP contribution in [0.4, 0.5) is 0 Å². The highest BCUT2D eigenvalue weighted by molar-refractivity contribution is 7.88. The Labute approximate surface area is 201 Å². The molecule has 2 aromatic rings. The molecule has 0 unspecified atom stereocenters. The third-order valence-corrected chi connectivity index (χ3v) is 8.40. The summed E-state index contributed by atoms with van der Waals surface area (Å²) in [5, 5.41) is 3.82. The smallest absolute Gasteiger partial charge is 0.224 e. The Balaban J connectivity index is 1.64. The molecule has 1 atom stereocenters. The normalized spacial score (nSPS) is 17.3. The van der Waals surface area contributed by atoms with Crippen molar-refractivity contribution >= 4 is 39.1 Å². The highest BCUT2D eigenvalue weighted by atomic mass is 35.5. The molecule has 8 heteroatoms. The lowest BCUT2D eigenvalue weighted by molar-refractivity contribution is -0.126. The van der Waals surface area contributed by atoms with Gasteiger partial charge in [-0.3, -0.25) is 4.79 Å². The molecule has 1 heterocycles. The monoisotopic (exact) mass is 496 g/mol. The first kappa shape index (κ1) is 25.0. The quantitative estimate of drug-likeness (QED) is 0.560. The summed E-state index contributed by atoms with van der Waals surface area (Å²) < 4.78 is 27.4. The molecule has 1 aliphatic rings. The van der Waals surface area contributed by atoms with Crippen LogP contribution in [0.15, 0.2) is 36.4 Å². The standard InChI is InChI=1S/C24H30Cl2N2O3S/c1-3-17-7-8-18(4-2)21(12-17)14-27-24(29)19-6-5-11-28(15-19)32(30,31)16-20-9-10-22(25)13-23(20)26/h7-10,12-13,19H,3-6,11,14-16H2,1-2H3,(H,27,29)/t19-/m0/s1. The van der Waals surface area contributed by atoms with E-state index < -0.39 is 10.0 Å². The fraction of sp³-hybridized carbons (Fsp3) is 0.458. The largest absolute Gasteiger partial charge is 0.352 e. The molecule has 1 aliphatic heterocycles. The van der Waals surface area contributed by atoms with E-state index >= 15 is 0 Å². The summed E-state index contributed by atoms with van der Waals surface area (Å²) in [6.45, 7) is 5.27. The molecule has 0 spiro atoms. The first-order chi connectivity index (χ1) is 15.2. The van der Waals surface area contributed by atoms with Crippen molar-refractivity contribution in [3.63, 3.8) is 0 Å². The number of amides is 1. The number of carbonyl (C=O) groups excluding carboxylic acids is 1. The van der Waals surface area contributed by atoms with E-state index in [0.717, 1.165) is 18.4 Å². The molecule has 174 valence electrons. The Hall–Kier alpha value is -1.60. The van der Waals surface area contributed by atoms with E-state index in [1.165, 1.54) is 15.4 Å². The van der Waals surface area contributed by atoms with Crippen LogP contribution in [0.3, 0.4) is 0 Å². The SMILES string of the molecule is CCc1ccc(CC)c(CNC(=O)[C@H]2CCCN(S(=O)(=O)Cc3ccc(Cl)cc3Cl)C2)c1. The van der Waals surface area contributed by atoms with Gasteiger partial charge in [0.05, 0.1) is 11.7 Å². The first-order valence-electron chi connectivity index (χ1n) is 11.0. The van der Waals surface area contributed by atoms with Crippen molar-refractivity contribution in [2.45, 2.75) is 51.8 Å². The summed E-state index contributed by atoms with van der Waals surface area (Å²) in [4.78, 5) is 12.9. The number of halogens is 2. The maximum absolute atomic E-state index is 13.0. The Morgan fingerprint density at radius 3 is 2.50 bits per heavy atom. The highest BCUT2D eigenvalue weighted by Crippen LogP contribution is 2.26. The summed E-state index contributed by atoms with van der Waals surface area (Å²) in [5.41, 5.74) is 4.08. The molecule has 1 amide bonds. The number of nitrogens with one attached hydrogen (secondary N) is 1. The second kappa shape index (κ2) is 11.0. The minimum Gasteiger partial charge on any atom is -0.352 e. The molecule has 0 bridgehead atoms. The van der Waals surface area contributed by atoms with Gasteiger partial charge < -0.3 is 5.32 Å². The molecule has 1 N–H and O–H groups in total. The van der Waals surface area contributed by atoms with Crippen LogP contribution in [0.5, 0.6) is 0 Å². The lowest BCUT2D eigenvalue weighted by Crippen LogP contribution is -2.45. The Morgan fingerprint density at radius 2 is 1.81 bits per heavy atom. The Morgan fingerprint density at radius 1 is 1.06 bits per heavy atom. The van der Waals surface area contributed by atoms with Crippen molar-refractivity contribution in [3.05, 3.63) is 68.7 Å². The lowest BCUT2D eigenvalue weighted by Gasteiger charge is -2.31. The van der Waals surface area contributed by atoms with Gasteiger partial charge in [-0.05, 0) is 60.1 Å². The third kappa shape index (κ3) is 6.25. The number of carbonyl (C=O) groups is 1. The maximum atomic E-state index is 13.0. The van der Waals surface area contributed by atoms with Crippen molar-refractivity contribution in [1.29, 1.82) is 0 Å². The molecular weight excluding hydrogens is 467 g/mol. The van der Waals surface area contributed by atoms with Crippen LogP contribution in [0.1, 0.15) is 48.9 Å². The minimum absolute atomic E-state index is 0.0987. The van der Waals surface area contributed by atoms with Gasteiger partial charge in [0.2, 0.25) is 15.9 Å². The van der Waals surface area contributed by atoms with Gasteiger partial charge in [-0.15, -0.1) is 0 Å². The molecule has 0 radical (unpaired) electrons.